The standard InChI is InChI=1S/C16H24N2O3/c1-17(2)16(7-4-8-16)11-18(3)10-15(21)12-5-6-13(19)14(20)9-12/h5-6,9,19-20H,4,7-8,10-11H2,1-3H3. The molecule has 5 heteroatoms. The van der Waals surface area contributed by atoms with E-state index in [4.69, 9.17) is 0 Å². The van der Waals surface area contributed by atoms with Gasteiger partial charge in [-0.3, -0.25) is 9.69 Å². The number of likely N-dealkylation sites (N-methyl/N-ethyl adjacent to an activating group) is 2. The second kappa shape index (κ2) is 6.03. The monoisotopic (exact) mass is 292 g/mol. The number of carbonyl (C=O) groups excluding carboxylic acids is 1. The maximum atomic E-state index is 12.2. The average Bonchev–Trinajstić information content (AvgIpc) is 2.36. The molecule has 2 N–H and O–H groups in total. The van der Waals surface area contributed by atoms with E-state index in [9.17, 15) is 15.0 Å². The quantitative estimate of drug-likeness (QED) is 0.617. The second-order valence-electron chi connectivity index (χ2n) is 6.27. The molecular formula is C16H24N2O3. The third-order valence-corrected chi connectivity index (χ3v) is 4.51. The van der Waals surface area contributed by atoms with Crippen molar-refractivity contribution in [3.8, 4) is 11.5 Å². The fourth-order valence-electron chi connectivity index (χ4n) is 2.92. The van der Waals surface area contributed by atoms with Crippen molar-refractivity contribution in [2.45, 2.75) is 24.8 Å². The molecular weight excluding hydrogens is 268 g/mol. The topological polar surface area (TPSA) is 64.0 Å². The van der Waals surface area contributed by atoms with Crippen LogP contribution >= 0.6 is 0 Å². The Hall–Kier alpha value is -1.59. The van der Waals surface area contributed by atoms with Crippen LogP contribution in [0.2, 0.25) is 0 Å². The molecule has 2 rings (SSSR count). The maximum Gasteiger partial charge on any atom is 0.176 e. The van der Waals surface area contributed by atoms with Gasteiger partial charge in [-0.2, -0.15) is 0 Å². The van der Waals surface area contributed by atoms with E-state index in [-0.39, 0.29) is 22.8 Å². The Kier molecular flexibility index (Phi) is 4.54. The molecule has 0 radical (unpaired) electrons. The molecule has 0 atom stereocenters. The summed E-state index contributed by atoms with van der Waals surface area (Å²) in [6.07, 6.45) is 3.57. The third-order valence-electron chi connectivity index (χ3n) is 4.51. The number of carbonyl (C=O) groups is 1. The van der Waals surface area contributed by atoms with Crippen LogP contribution in [0.15, 0.2) is 18.2 Å². The van der Waals surface area contributed by atoms with Crippen LogP contribution < -0.4 is 0 Å². The summed E-state index contributed by atoms with van der Waals surface area (Å²) < 4.78 is 0. The molecule has 1 saturated carbocycles. The van der Waals surface area contributed by atoms with Crippen LogP contribution in [-0.2, 0) is 0 Å². The van der Waals surface area contributed by atoms with Crippen LogP contribution in [0.4, 0.5) is 0 Å². The summed E-state index contributed by atoms with van der Waals surface area (Å²) in [4.78, 5) is 16.5. The summed E-state index contributed by atoms with van der Waals surface area (Å²) >= 11 is 0. The van der Waals surface area contributed by atoms with Crippen LogP contribution in [0.3, 0.4) is 0 Å². The van der Waals surface area contributed by atoms with Crippen molar-refractivity contribution in [2.24, 2.45) is 0 Å². The predicted molar refractivity (Wildman–Crippen MR) is 81.9 cm³/mol. The van der Waals surface area contributed by atoms with E-state index in [1.807, 2.05) is 11.9 Å². The zero-order valence-electron chi connectivity index (χ0n) is 13.0. The van der Waals surface area contributed by atoms with E-state index in [1.54, 1.807) is 0 Å². The van der Waals surface area contributed by atoms with E-state index < -0.39 is 0 Å². The van der Waals surface area contributed by atoms with Gasteiger partial charge in [0.25, 0.3) is 0 Å². The predicted octanol–water partition coefficient (Wildman–Crippen LogP) is 1.70. The van der Waals surface area contributed by atoms with Gasteiger partial charge in [-0.25, -0.2) is 0 Å². The molecule has 0 unspecified atom stereocenters. The average molecular weight is 292 g/mol. The molecule has 116 valence electrons. The number of hydrogen-bond acceptors (Lipinski definition) is 5. The summed E-state index contributed by atoms with van der Waals surface area (Å²) in [5.41, 5.74) is 0.608. The summed E-state index contributed by atoms with van der Waals surface area (Å²) in [5, 5.41) is 18.8. The van der Waals surface area contributed by atoms with Gasteiger partial charge in [0.1, 0.15) is 0 Å². The smallest absolute Gasteiger partial charge is 0.176 e. The molecule has 1 aliphatic carbocycles. The molecule has 21 heavy (non-hydrogen) atoms. The van der Waals surface area contributed by atoms with Gasteiger partial charge in [0.05, 0.1) is 6.54 Å². The van der Waals surface area contributed by atoms with E-state index in [1.165, 1.54) is 37.5 Å². The third kappa shape index (κ3) is 3.36. The molecule has 0 bridgehead atoms. The highest BCUT2D eigenvalue weighted by Crippen LogP contribution is 2.36. The van der Waals surface area contributed by atoms with Crippen LogP contribution in [-0.4, -0.2) is 65.6 Å². The first-order chi connectivity index (χ1) is 9.84. The van der Waals surface area contributed by atoms with Crippen molar-refractivity contribution in [3.05, 3.63) is 23.8 Å². The number of phenols is 2. The van der Waals surface area contributed by atoms with Gasteiger partial charge < -0.3 is 15.1 Å². The number of nitrogens with zero attached hydrogens (tertiary/aromatic N) is 2. The van der Waals surface area contributed by atoms with E-state index in [0.29, 0.717) is 12.1 Å². The Morgan fingerprint density at radius 3 is 2.33 bits per heavy atom. The number of Topliss-reactive ketones (excluding diaryl/α,β-unsaturated/α-hetero) is 1. The lowest BCUT2D eigenvalue weighted by molar-refractivity contribution is 0.0280. The van der Waals surface area contributed by atoms with Crippen molar-refractivity contribution in [2.75, 3.05) is 34.2 Å². The number of rotatable bonds is 6. The molecule has 1 aromatic rings. The van der Waals surface area contributed by atoms with Gasteiger partial charge in [-0.1, -0.05) is 0 Å². The zero-order chi connectivity index (χ0) is 15.6. The van der Waals surface area contributed by atoms with Gasteiger partial charge in [0.2, 0.25) is 0 Å². The minimum atomic E-state index is -0.257. The molecule has 0 spiro atoms. The van der Waals surface area contributed by atoms with E-state index in [0.717, 1.165) is 6.54 Å². The van der Waals surface area contributed by atoms with E-state index in [2.05, 4.69) is 19.0 Å². The highest BCUT2D eigenvalue weighted by Gasteiger charge is 2.39. The normalized spacial score (nSPS) is 17.0. The van der Waals surface area contributed by atoms with Gasteiger partial charge >= 0.3 is 0 Å². The van der Waals surface area contributed by atoms with Crippen molar-refractivity contribution >= 4 is 5.78 Å². The Bertz CT molecular complexity index is 524. The lowest BCUT2D eigenvalue weighted by Crippen LogP contribution is -2.57. The Morgan fingerprint density at radius 2 is 1.86 bits per heavy atom. The largest absolute Gasteiger partial charge is 0.504 e. The molecule has 0 heterocycles. The Labute approximate surface area is 125 Å². The lowest BCUT2D eigenvalue weighted by Gasteiger charge is -2.49. The second-order valence-corrected chi connectivity index (χ2v) is 6.27. The van der Waals surface area contributed by atoms with Crippen LogP contribution in [0.25, 0.3) is 0 Å². The van der Waals surface area contributed by atoms with Gasteiger partial charge in [-0.05, 0) is 58.6 Å². The first kappa shape index (κ1) is 15.8. The van der Waals surface area contributed by atoms with Gasteiger partial charge in [-0.15, -0.1) is 0 Å². The van der Waals surface area contributed by atoms with Crippen LogP contribution in [0.5, 0.6) is 11.5 Å². The van der Waals surface area contributed by atoms with Crippen molar-refractivity contribution in [3.63, 3.8) is 0 Å². The molecule has 0 aromatic heterocycles. The van der Waals surface area contributed by atoms with Crippen molar-refractivity contribution < 1.29 is 15.0 Å². The number of hydrogen-bond donors (Lipinski definition) is 2. The molecule has 0 saturated heterocycles. The van der Waals surface area contributed by atoms with Gasteiger partial charge in [0, 0.05) is 17.6 Å². The summed E-state index contributed by atoms with van der Waals surface area (Å²) in [6.45, 7) is 1.16. The van der Waals surface area contributed by atoms with E-state index >= 15 is 0 Å². The summed E-state index contributed by atoms with van der Waals surface area (Å²) in [7, 11) is 6.13. The highest BCUT2D eigenvalue weighted by molar-refractivity contribution is 5.98. The highest BCUT2D eigenvalue weighted by atomic mass is 16.3. The lowest BCUT2D eigenvalue weighted by atomic mass is 9.75. The van der Waals surface area contributed by atoms with Gasteiger partial charge in [0.15, 0.2) is 17.3 Å². The maximum absolute atomic E-state index is 12.2. The minimum Gasteiger partial charge on any atom is -0.504 e. The number of aromatic hydroxyl groups is 2. The summed E-state index contributed by atoms with van der Waals surface area (Å²) in [5.74, 6) is -0.519. The van der Waals surface area contributed by atoms with Crippen molar-refractivity contribution in [1.82, 2.24) is 9.80 Å². The first-order valence-corrected chi connectivity index (χ1v) is 7.25. The van der Waals surface area contributed by atoms with Crippen LogP contribution in [0, 0.1) is 0 Å². The fraction of sp³-hybridized carbons (Fsp3) is 0.562. The number of phenolic OH excluding ortho intramolecular Hbond substituents is 2. The molecule has 0 aliphatic heterocycles. The molecule has 0 amide bonds. The fourth-order valence-corrected chi connectivity index (χ4v) is 2.92. The first-order valence-electron chi connectivity index (χ1n) is 7.25. The molecule has 1 fully saturated rings. The Balaban J connectivity index is 1.97. The number of ketones is 1. The number of benzene rings is 1. The van der Waals surface area contributed by atoms with Crippen molar-refractivity contribution in [1.29, 1.82) is 0 Å². The molecule has 1 aromatic carbocycles. The minimum absolute atomic E-state index is 0.0546. The Morgan fingerprint density at radius 1 is 1.19 bits per heavy atom. The summed E-state index contributed by atoms with van der Waals surface area (Å²) in [6, 6.07) is 4.20. The SMILES string of the molecule is CN(CC(=O)c1ccc(O)c(O)c1)CC1(N(C)C)CCC1. The van der Waals surface area contributed by atoms with Crippen LogP contribution in [0.1, 0.15) is 29.6 Å². The molecule has 1 aliphatic rings. The molecule has 5 nitrogen and oxygen atoms in total. The zero-order valence-corrected chi connectivity index (χ0v) is 13.0.